The standard InChI is InChI=1S/C15H28N2O3/c1-12(18)16-11-7-3-6-10-15(20)17-13-8-4-2-5-9-14(13)19/h13-14,19H,2-11H2,1H3,(H,16,18)(H,17,20). The van der Waals surface area contributed by atoms with Crippen LogP contribution in [0.25, 0.3) is 0 Å². The van der Waals surface area contributed by atoms with Gasteiger partial charge in [0.2, 0.25) is 11.8 Å². The molecule has 2 atom stereocenters. The highest BCUT2D eigenvalue weighted by Crippen LogP contribution is 2.18. The summed E-state index contributed by atoms with van der Waals surface area (Å²) in [7, 11) is 0. The first kappa shape index (κ1) is 17.0. The summed E-state index contributed by atoms with van der Waals surface area (Å²) in [5.41, 5.74) is 0. The molecule has 0 aromatic heterocycles. The first-order valence-corrected chi connectivity index (χ1v) is 7.81. The minimum Gasteiger partial charge on any atom is -0.391 e. The summed E-state index contributed by atoms with van der Waals surface area (Å²) in [5, 5.41) is 15.6. The lowest BCUT2D eigenvalue weighted by molar-refractivity contribution is -0.123. The molecule has 20 heavy (non-hydrogen) atoms. The molecule has 116 valence electrons. The second-order valence-electron chi connectivity index (χ2n) is 5.67. The van der Waals surface area contributed by atoms with E-state index in [9.17, 15) is 14.7 Å². The van der Waals surface area contributed by atoms with Crippen LogP contribution < -0.4 is 10.6 Å². The van der Waals surface area contributed by atoms with Crippen molar-refractivity contribution in [2.75, 3.05) is 6.54 Å². The summed E-state index contributed by atoms with van der Waals surface area (Å²) >= 11 is 0. The van der Waals surface area contributed by atoms with Crippen LogP contribution in [0.5, 0.6) is 0 Å². The van der Waals surface area contributed by atoms with E-state index in [4.69, 9.17) is 0 Å². The molecule has 1 saturated carbocycles. The number of aliphatic hydroxyl groups excluding tert-OH is 1. The van der Waals surface area contributed by atoms with Crippen molar-refractivity contribution in [3.05, 3.63) is 0 Å². The molecule has 0 heterocycles. The van der Waals surface area contributed by atoms with Crippen LogP contribution in [0.2, 0.25) is 0 Å². The van der Waals surface area contributed by atoms with Gasteiger partial charge in [0, 0.05) is 19.9 Å². The fourth-order valence-corrected chi connectivity index (χ4v) is 2.59. The minimum atomic E-state index is -0.388. The molecule has 1 aliphatic rings. The number of aliphatic hydroxyl groups is 1. The zero-order chi connectivity index (χ0) is 14.8. The number of carbonyl (C=O) groups excluding carboxylic acids is 2. The summed E-state index contributed by atoms with van der Waals surface area (Å²) in [6.07, 6.45) is 7.73. The highest BCUT2D eigenvalue weighted by molar-refractivity contribution is 5.76. The smallest absolute Gasteiger partial charge is 0.220 e. The van der Waals surface area contributed by atoms with E-state index in [0.29, 0.717) is 13.0 Å². The molecule has 1 aliphatic carbocycles. The SMILES string of the molecule is CC(=O)NCCCCCC(=O)NC1CCCCCC1O. The Hall–Kier alpha value is -1.10. The average Bonchev–Trinajstić information content (AvgIpc) is 2.59. The fraction of sp³-hybridized carbons (Fsp3) is 0.867. The van der Waals surface area contributed by atoms with Crippen molar-refractivity contribution in [1.29, 1.82) is 0 Å². The maximum atomic E-state index is 11.8. The number of amides is 2. The lowest BCUT2D eigenvalue weighted by atomic mass is 10.1. The van der Waals surface area contributed by atoms with Crippen LogP contribution in [-0.4, -0.2) is 35.6 Å². The fourth-order valence-electron chi connectivity index (χ4n) is 2.59. The van der Waals surface area contributed by atoms with Crippen molar-refractivity contribution in [3.63, 3.8) is 0 Å². The minimum absolute atomic E-state index is 0.00917. The van der Waals surface area contributed by atoms with Gasteiger partial charge >= 0.3 is 0 Å². The molecule has 3 N–H and O–H groups in total. The molecule has 2 amide bonds. The Kier molecular flexibility index (Phi) is 8.26. The molecule has 1 rings (SSSR count). The van der Waals surface area contributed by atoms with Crippen molar-refractivity contribution >= 4 is 11.8 Å². The number of hydrogen-bond donors (Lipinski definition) is 3. The molecule has 0 aliphatic heterocycles. The predicted molar refractivity (Wildman–Crippen MR) is 78.2 cm³/mol. The molecule has 0 aromatic rings. The summed E-state index contributed by atoms with van der Waals surface area (Å²) in [5.74, 6) is 0.0283. The normalized spacial score (nSPS) is 22.9. The molecule has 5 heteroatoms. The second-order valence-corrected chi connectivity index (χ2v) is 5.67. The molecule has 2 unspecified atom stereocenters. The Morgan fingerprint density at radius 1 is 1.10 bits per heavy atom. The first-order valence-electron chi connectivity index (χ1n) is 7.81. The van der Waals surface area contributed by atoms with Crippen LogP contribution >= 0.6 is 0 Å². The van der Waals surface area contributed by atoms with Crippen molar-refractivity contribution in [1.82, 2.24) is 10.6 Å². The van der Waals surface area contributed by atoms with E-state index < -0.39 is 0 Å². The molecule has 0 radical (unpaired) electrons. The molecule has 0 aromatic carbocycles. The molecule has 1 fully saturated rings. The zero-order valence-electron chi connectivity index (χ0n) is 12.5. The van der Waals surface area contributed by atoms with Crippen LogP contribution in [0.3, 0.4) is 0 Å². The Morgan fingerprint density at radius 3 is 2.60 bits per heavy atom. The Labute approximate surface area is 121 Å². The summed E-state index contributed by atoms with van der Waals surface area (Å²) in [6.45, 7) is 2.18. The predicted octanol–water partition coefficient (Wildman–Crippen LogP) is 1.49. The van der Waals surface area contributed by atoms with E-state index in [0.717, 1.165) is 51.4 Å². The largest absolute Gasteiger partial charge is 0.391 e. The van der Waals surface area contributed by atoms with Gasteiger partial charge in [-0.15, -0.1) is 0 Å². The second kappa shape index (κ2) is 9.75. The van der Waals surface area contributed by atoms with Crippen LogP contribution in [0, 0.1) is 0 Å². The number of unbranched alkanes of at least 4 members (excludes halogenated alkanes) is 2. The van der Waals surface area contributed by atoms with Gasteiger partial charge in [-0.3, -0.25) is 9.59 Å². The van der Waals surface area contributed by atoms with E-state index >= 15 is 0 Å². The van der Waals surface area contributed by atoms with Crippen molar-refractivity contribution in [3.8, 4) is 0 Å². The molecule has 0 spiro atoms. The topological polar surface area (TPSA) is 78.4 Å². The third-order valence-corrected chi connectivity index (χ3v) is 3.78. The van der Waals surface area contributed by atoms with Crippen LogP contribution in [0.1, 0.15) is 64.7 Å². The number of nitrogens with one attached hydrogen (secondary N) is 2. The number of carbonyl (C=O) groups is 2. The van der Waals surface area contributed by atoms with Crippen LogP contribution in [0.15, 0.2) is 0 Å². The van der Waals surface area contributed by atoms with Gasteiger partial charge < -0.3 is 15.7 Å². The Bertz CT molecular complexity index is 307. The molecular weight excluding hydrogens is 256 g/mol. The van der Waals surface area contributed by atoms with E-state index in [1.165, 1.54) is 6.92 Å². The third-order valence-electron chi connectivity index (χ3n) is 3.78. The van der Waals surface area contributed by atoms with Gasteiger partial charge in [-0.1, -0.05) is 25.7 Å². The van der Waals surface area contributed by atoms with Crippen molar-refractivity contribution < 1.29 is 14.7 Å². The van der Waals surface area contributed by atoms with Crippen LogP contribution in [0.4, 0.5) is 0 Å². The lowest BCUT2D eigenvalue weighted by Crippen LogP contribution is -2.42. The Balaban J connectivity index is 2.08. The van der Waals surface area contributed by atoms with Gasteiger partial charge in [-0.05, 0) is 25.7 Å². The van der Waals surface area contributed by atoms with Gasteiger partial charge in [0.1, 0.15) is 0 Å². The number of rotatable bonds is 7. The van der Waals surface area contributed by atoms with Crippen LogP contribution in [-0.2, 0) is 9.59 Å². The maximum Gasteiger partial charge on any atom is 0.220 e. The summed E-state index contributed by atoms with van der Waals surface area (Å²) in [4.78, 5) is 22.5. The molecule has 5 nitrogen and oxygen atoms in total. The quantitative estimate of drug-likeness (QED) is 0.489. The average molecular weight is 284 g/mol. The highest BCUT2D eigenvalue weighted by atomic mass is 16.3. The lowest BCUT2D eigenvalue weighted by Gasteiger charge is -2.21. The highest BCUT2D eigenvalue weighted by Gasteiger charge is 2.22. The summed E-state index contributed by atoms with van der Waals surface area (Å²) in [6, 6.07) is -0.0654. The molecule has 0 saturated heterocycles. The van der Waals surface area contributed by atoms with Gasteiger partial charge in [0.05, 0.1) is 12.1 Å². The van der Waals surface area contributed by atoms with E-state index in [1.807, 2.05) is 0 Å². The molecule has 0 bridgehead atoms. The third kappa shape index (κ3) is 7.48. The monoisotopic (exact) mass is 284 g/mol. The van der Waals surface area contributed by atoms with Gasteiger partial charge in [0.15, 0.2) is 0 Å². The van der Waals surface area contributed by atoms with E-state index in [1.54, 1.807) is 0 Å². The van der Waals surface area contributed by atoms with Gasteiger partial charge in [-0.2, -0.15) is 0 Å². The molecular formula is C15H28N2O3. The maximum absolute atomic E-state index is 11.8. The van der Waals surface area contributed by atoms with Gasteiger partial charge in [0.25, 0.3) is 0 Å². The summed E-state index contributed by atoms with van der Waals surface area (Å²) < 4.78 is 0. The Morgan fingerprint density at radius 2 is 1.85 bits per heavy atom. The van der Waals surface area contributed by atoms with E-state index in [2.05, 4.69) is 10.6 Å². The van der Waals surface area contributed by atoms with Gasteiger partial charge in [-0.25, -0.2) is 0 Å². The van der Waals surface area contributed by atoms with E-state index in [-0.39, 0.29) is 24.0 Å². The first-order chi connectivity index (χ1) is 9.59. The number of hydrogen-bond acceptors (Lipinski definition) is 3. The zero-order valence-corrected chi connectivity index (χ0v) is 12.5. The van der Waals surface area contributed by atoms with Crippen molar-refractivity contribution in [2.24, 2.45) is 0 Å². The van der Waals surface area contributed by atoms with Crippen molar-refractivity contribution in [2.45, 2.75) is 76.9 Å².